The minimum Gasteiger partial charge on any atom is -0.394 e. The Morgan fingerprint density at radius 1 is 0.865 bits per heavy atom. The first-order chi connectivity index (χ1) is 34.8. The molecule has 23 nitrogen and oxygen atoms in total. The fourth-order valence-corrected chi connectivity index (χ4v) is 9.15. The Hall–Kier alpha value is -2.48. The van der Waals surface area contributed by atoms with Crippen LogP contribution in [0.25, 0.3) is 0 Å². The second kappa shape index (κ2) is 45.5. The largest absolute Gasteiger partial charge is 0.394 e. The zero-order valence-electron chi connectivity index (χ0n) is 41.4. The zero-order valence-corrected chi connectivity index (χ0v) is 45.9. The SMILES string of the molecule is C=CCC(CCCO)C(=O)OCCCCC(=O)OCC(O)COC(CO)COCCOC.C=CCC1CCCOC1=O.CCO.O=C1CCCCO1.O=S(=O)([O][Sn][O]S(O)(O)C(F)(F)F)C(F)(F)F.OCC1CO1. The first-order valence-electron chi connectivity index (χ1n) is 22.8. The van der Waals surface area contributed by atoms with Crippen molar-refractivity contribution in [3.8, 4) is 0 Å². The van der Waals surface area contributed by atoms with E-state index in [9.17, 15) is 64.2 Å². The van der Waals surface area contributed by atoms with Crippen LogP contribution in [0.2, 0.25) is 0 Å². The van der Waals surface area contributed by atoms with Gasteiger partial charge in [-0.3, -0.25) is 19.2 Å². The van der Waals surface area contributed by atoms with Gasteiger partial charge in [0.05, 0.1) is 77.9 Å². The number of epoxide rings is 1. The van der Waals surface area contributed by atoms with E-state index in [2.05, 4.69) is 27.7 Å². The molecule has 3 heterocycles. The van der Waals surface area contributed by atoms with Gasteiger partial charge in [0.2, 0.25) is 0 Å². The number of allylic oxidation sites excluding steroid dienone is 2. The van der Waals surface area contributed by atoms with Crippen LogP contribution in [0.15, 0.2) is 25.3 Å². The number of aliphatic hydroxyl groups excluding tert-OH is 5. The standard InChI is InChI=1S/C22H40O10.C8H12O2.C5H8O2.C3H6O2.C2H6O.CH3F3O3S.CHF3O3S.Sn/c1-3-7-18(8-6-10-23)22(27)30-11-5-4-9-21(26)32-16-19(25)15-31-20(14-24)17-29-13-12-28-2;1-2-4-7-5-3-6-10-8(7)9;6-5-3-1-2-4-7-5;4-1-3-2-5-3;1-2-3;2*2-1(3,4)8(5,6)7;/h3,18-20,23-25H,1,4-17H2,2H3;2,7H,1,3-6H2;1-4H2;3-4H,1-2H2;3H,2H2,1H3;5-7H;(H,5,6,7);/q;;;;;;;+2/p-2. The molecule has 3 rings (SSSR count). The Morgan fingerprint density at radius 2 is 1.51 bits per heavy atom. The molecule has 0 aromatic heterocycles. The van der Waals surface area contributed by atoms with E-state index in [1.807, 2.05) is 0 Å². The van der Waals surface area contributed by atoms with E-state index >= 15 is 0 Å². The second-order valence-electron chi connectivity index (χ2n) is 15.0. The Kier molecular flexibility index (Phi) is 46.6. The zero-order chi connectivity index (χ0) is 57.1. The number of halogens is 6. The van der Waals surface area contributed by atoms with Crippen LogP contribution in [0.4, 0.5) is 26.3 Å². The van der Waals surface area contributed by atoms with E-state index in [1.54, 1.807) is 26.2 Å². The van der Waals surface area contributed by atoms with Gasteiger partial charge in [-0.25, -0.2) is 0 Å². The van der Waals surface area contributed by atoms with Crippen molar-refractivity contribution < 1.29 is 132 Å². The summed E-state index contributed by atoms with van der Waals surface area (Å²) in [4.78, 5) is 44.9. The number of hydrogen-bond donors (Lipinski definition) is 7. The van der Waals surface area contributed by atoms with Crippen molar-refractivity contribution in [3.05, 3.63) is 25.3 Å². The average molecular weight is 1240 g/mol. The van der Waals surface area contributed by atoms with Gasteiger partial charge in [-0.2, -0.15) is 0 Å². The molecule has 0 aromatic rings. The molecule has 3 aliphatic rings. The van der Waals surface area contributed by atoms with E-state index in [0.29, 0.717) is 65.0 Å². The third-order valence-corrected chi connectivity index (χ3v) is 15.5. The fourth-order valence-electron chi connectivity index (χ4n) is 4.76. The Labute approximate surface area is 440 Å². The summed E-state index contributed by atoms with van der Waals surface area (Å²) in [6, 6.07) is 0. The van der Waals surface area contributed by atoms with Crippen LogP contribution in [0, 0.1) is 11.8 Å². The minimum atomic E-state index is -6.09. The van der Waals surface area contributed by atoms with E-state index in [4.69, 9.17) is 52.8 Å². The molecule has 0 saturated carbocycles. The van der Waals surface area contributed by atoms with Crippen molar-refractivity contribution in [1.29, 1.82) is 0 Å². The van der Waals surface area contributed by atoms with Gasteiger partial charge in [-0.1, -0.05) is 12.2 Å². The summed E-state index contributed by atoms with van der Waals surface area (Å²) in [7, 11) is -10.2. The smallest absolute Gasteiger partial charge is 0.104 e. The van der Waals surface area contributed by atoms with Gasteiger partial charge in [-0.15, -0.1) is 13.2 Å². The summed E-state index contributed by atoms with van der Waals surface area (Å²) in [5, 5.41) is 43.6. The Balaban J connectivity index is -0.000000980. The molecule has 0 aromatic carbocycles. The predicted octanol–water partition coefficient (Wildman–Crippen LogP) is 3.80. The van der Waals surface area contributed by atoms with Gasteiger partial charge in [0.1, 0.15) is 24.9 Å². The van der Waals surface area contributed by atoms with Crippen molar-refractivity contribution in [2.24, 2.45) is 11.8 Å². The quantitative estimate of drug-likeness (QED) is 0.00818. The van der Waals surface area contributed by atoms with Gasteiger partial charge in [0.15, 0.2) is 0 Å². The summed E-state index contributed by atoms with van der Waals surface area (Å²) in [5.41, 5.74) is -11.5. The molecule has 2 radical (unpaired) electrons. The number of unbranched alkanes of at least 4 members (excludes halogenated alkanes) is 1. The molecule has 438 valence electrons. The fraction of sp³-hybridized carbons (Fsp3) is 0.810. The van der Waals surface area contributed by atoms with Gasteiger partial charge >= 0.3 is 127 Å². The molecule has 5 atom stereocenters. The number of alkyl halides is 6. The van der Waals surface area contributed by atoms with Gasteiger partial charge in [-0.05, 0) is 71.1 Å². The minimum absolute atomic E-state index is 0.0230. The predicted molar refractivity (Wildman–Crippen MR) is 251 cm³/mol. The third kappa shape index (κ3) is 42.6. The topological polar surface area (TPSA) is 340 Å². The summed E-state index contributed by atoms with van der Waals surface area (Å²) < 4.78 is 153. The van der Waals surface area contributed by atoms with E-state index in [-0.39, 0.29) is 95.1 Å². The first kappa shape index (κ1) is 75.8. The van der Waals surface area contributed by atoms with Gasteiger partial charge < -0.3 is 63.4 Å². The molecule has 0 bridgehead atoms. The van der Waals surface area contributed by atoms with Crippen LogP contribution in [0.3, 0.4) is 0 Å². The van der Waals surface area contributed by atoms with E-state index in [1.165, 1.54) is 0 Å². The number of cyclic esters (lactones) is 2. The maximum atomic E-state index is 12.0. The van der Waals surface area contributed by atoms with Crippen LogP contribution in [0.1, 0.15) is 84.0 Å². The molecule has 3 saturated heterocycles. The van der Waals surface area contributed by atoms with E-state index < -0.39 is 72.2 Å². The maximum absolute atomic E-state index is 12.0. The number of esters is 4. The van der Waals surface area contributed by atoms with E-state index in [0.717, 1.165) is 38.7 Å². The number of aliphatic hydroxyl groups is 5. The Morgan fingerprint density at radius 3 is 1.97 bits per heavy atom. The van der Waals surface area contributed by atoms with Gasteiger partial charge in [0.25, 0.3) is 0 Å². The normalized spacial score (nSPS) is 17.7. The van der Waals surface area contributed by atoms with Crippen LogP contribution < -0.4 is 0 Å². The van der Waals surface area contributed by atoms with Crippen molar-refractivity contribution >= 4 is 66.8 Å². The second-order valence-corrected chi connectivity index (χ2v) is 21.5. The molecule has 0 aliphatic carbocycles. The number of carbonyl (C=O) groups excluding carboxylic acids is 4. The molecule has 0 amide bonds. The first-order valence-corrected chi connectivity index (χ1v) is 28.0. The van der Waals surface area contributed by atoms with Gasteiger partial charge in [0, 0.05) is 33.2 Å². The molecule has 74 heavy (non-hydrogen) atoms. The summed E-state index contributed by atoms with van der Waals surface area (Å²) in [6.07, 6.45) is 10.1. The molecular formula is C42H74F6O23S2Sn. The van der Waals surface area contributed by atoms with Crippen LogP contribution >= 0.6 is 10.9 Å². The summed E-state index contributed by atoms with van der Waals surface area (Å²) in [6.45, 7) is 11.9. The number of rotatable bonds is 29. The van der Waals surface area contributed by atoms with Crippen LogP contribution in [0.5, 0.6) is 0 Å². The maximum Gasteiger partial charge on any atom is 0.104 e. The number of hydrogen-bond acceptors (Lipinski definition) is 23. The van der Waals surface area contributed by atoms with Crippen molar-refractivity contribution in [3.63, 3.8) is 0 Å². The van der Waals surface area contributed by atoms with Crippen LogP contribution in [-0.4, -0.2) is 211 Å². The van der Waals surface area contributed by atoms with Crippen molar-refractivity contribution in [1.82, 2.24) is 0 Å². The third-order valence-electron chi connectivity index (χ3n) is 8.66. The molecule has 3 aliphatic heterocycles. The molecule has 5 unspecified atom stereocenters. The Bertz CT molecular complexity index is 1590. The monoisotopic (exact) mass is 1240 g/mol. The molecular weight excluding hydrogens is 1170 g/mol. The molecule has 7 N–H and O–H groups in total. The van der Waals surface area contributed by atoms with Crippen molar-refractivity contribution in [2.45, 2.75) is 113 Å². The summed E-state index contributed by atoms with van der Waals surface area (Å²) >= 11 is -3.74. The molecule has 0 spiro atoms. The van der Waals surface area contributed by atoms with Crippen molar-refractivity contribution in [2.75, 3.05) is 93.0 Å². The molecule has 3 fully saturated rings. The molecule has 32 heteroatoms. The average Bonchev–Trinajstić information content (AvgIpc) is 4.18. The van der Waals surface area contributed by atoms with Crippen LogP contribution in [-0.2, 0) is 72.2 Å². The number of ether oxygens (including phenoxy) is 8. The number of carbonyl (C=O) groups is 4. The summed E-state index contributed by atoms with van der Waals surface area (Å²) in [5.74, 6) is -1.10. The number of methoxy groups -OCH3 is 1.